The van der Waals surface area contributed by atoms with Crippen LogP contribution in [-0.4, -0.2) is 41.2 Å². The highest BCUT2D eigenvalue weighted by molar-refractivity contribution is 5.90. The summed E-state index contributed by atoms with van der Waals surface area (Å²) in [6.45, 7) is 6.02. The first kappa shape index (κ1) is 15.9. The lowest BCUT2D eigenvalue weighted by molar-refractivity contribution is -0.144. The molecular weight excluding hydrogens is 292 g/mol. The molecule has 3 rings (SSSR count). The molecule has 1 aliphatic rings. The molecule has 0 aliphatic carbocycles. The molecule has 2 aromatic rings. The van der Waals surface area contributed by atoms with Gasteiger partial charge in [0.1, 0.15) is 11.8 Å². The van der Waals surface area contributed by atoms with Gasteiger partial charge in [-0.25, -0.2) is 0 Å². The van der Waals surface area contributed by atoms with E-state index in [9.17, 15) is 9.90 Å². The number of likely N-dealkylation sites (tertiary alicyclic amines) is 1. The number of H-pyrrole nitrogens is 1. The maximum absolute atomic E-state index is 12.0. The van der Waals surface area contributed by atoms with E-state index in [2.05, 4.69) is 23.7 Å². The number of piperidine rings is 1. The maximum Gasteiger partial charge on any atom is 0.325 e. The fraction of sp³-hybridized carbons (Fsp3) is 0.500. The molecule has 0 bridgehead atoms. The third kappa shape index (κ3) is 3.06. The SMILES string of the molecule is COc1ccc2[nH]cc(C(C(=O)O)N3C[C@H](C)C[C@H](C)C3)c2c1. The van der Waals surface area contributed by atoms with Crippen molar-refractivity contribution in [3.05, 3.63) is 30.0 Å². The Balaban J connectivity index is 2.03. The van der Waals surface area contributed by atoms with Gasteiger partial charge in [-0.3, -0.25) is 9.69 Å². The van der Waals surface area contributed by atoms with Crippen LogP contribution >= 0.6 is 0 Å². The Morgan fingerprint density at radius 3 is 2.65 bits per heavy atom. The number of carbonyl (C=O) groups is 1. The van der Waals surface area contributed by atoms with Crippen LogP contribution in [0.1, 0.15) is 31.9 Å². The molecule has 1 aromatic heterocycles. The fourth-order valence-electron chi connectivity index (χ4n) is 3.88. The van der Waals surface area contributed by atoms with Gasteiger partial charge in [0.15, 0.2) is 0 Å². The average Bonchev–Trinajstić information content (AvgIpc) is 2.89. The molecule has 1 fully saturated rings. The predicted octanol–water partition coefficient (Wildman–Crippen LogP) is 3.28. The van der Waals surface area contributed by atoms with E-state index in [1.165, 1.54) is 0 Å². The Morgan fingerprint density at radius 2 is 2.04 bits per heavy atom. The molecule has 0 radical (unpaired) electrons. The van der Waals surface area contributed by atoms with Crippen molar-refractivity contribution in [1.29, 1.82) is 0 Å². The molecule has 1 aliphatic heterocycles. The first-order valence-electron chi connectivity index (χ1n) is 8.11. The van der Waals surface area contributed by atoms with E-state index in [0.717, 1.165) is 41.7 Å². The third-order valence-electron chi connectivity index (χ3n) is 4.71. The molecule has 0 saturated carbocycles. The molecule has 2 N–H and O–H groups in total. The van der Waals surface area contributed by atoms with Gasteiger partial charge < -0.3 is 14.8 Å². The van der Waals surface area contributed by atoms with Crippen LogP contribution in [0.15, 0.2) is 24.4 Å². The summed E-state index contributed by atoms with van der Waals surface area (Å²) in [5.74, 6) is 0.971. The Bertz CT molecular complexity index is 699. The average molecular weight is 316 g/mol. The quantitative estimate of drug-likeness (QED) is 0.908. The number of aromatic amines is 1. The number of hydrogen-bond acceptors (Lipinski definition) is 3. The summed E-state index contributed by atoms with van der Waals surface area (Å²) < 4.78 is 5.29. The number of benzene rings is 1. The summed E-state index contributed by atoms with van der Waals surface area (Å²) in [6.07, 6.45) is 2.98. The first-order valence-corrected chi connectivity index (χ1v) is 8.11. The first-order chi connectivity index (χ1) is 11.0. The summed E-state index contributed by atoms with van der Waals surface area (Å²) in [6, 6.07) is 5.09. The Hall–Kier alpha value is -2.01. The van der Waals surface area contributed by atoms with Gasteiger partial charge in [0.25, 0.3) is 0 Å². The number of ether oxygens (including phenoxy) is 1. The number of fused-ring (bicyclic) bond motifs is 1. The molecule has 1 saturated heterocycles. The monoisotopic (exact) mass is 316 g/mol. The van der Waals surface area contributed by atoms with Crippen molar-refractivity contribution in [2.24, 2.45) is 11.8 Å². The fourth-order valence-corrected chi connectivity index (χ4v) is 3.88. The number of rotatable bonds is 4. The van der Waals surface area contributed by atoms with Crippen LogP contribution < -0.4 is 4.74 Å². The van der Waals surface area contributed by atoms with Crippen LogP contribution in [0.5, 0.6) is 5.75 Å². The summed E-state index contributed by atoms with van der Waals surface area (Å²) in [7, 11) is 1.62. The molecule has 0 spiro atoms. The Morgan fingerprint density at radius 1 is 1.35 bits per heavy atom. The lowest BCUT2D eigenvalue weighted by Crippen LogP contribution is -2.43. The zero-order valence-corrected chi connectivity index (χ0v) is 13.9. The van der Waals surface area contributed by atoms with Crippen molar-refractivity contribution < 1.29 is 14.6 Å². The van der Waals surface area contributed by atoms with Crippen molar-refractivity contribution in [2.75, 3.05) is 20.2 Å². The molecule has 1 unspecified atom stereocenters. The van der Waals surface area contributed by atoms with Crippen molar-refractivity contribution in [3.8, 4) is 5.75 Å². The Kier molecular flexibility index (Phi) is 4.31. The van der Waals surface area contributed by atoms with Gasteiger partial charge in [-0.1, -0.05) is 13.8 Å². The van der Waals surface area contributed by atoms with Crippen LogP contribution in [0, 0.1) is 11.8 Å². The van der Waals surface area contributed by atoms with E-state index in [1.807, 2.05) is 24.4 Å². The molecule has 0 amide bonds. The van der Waals surface area contributed by atoms with E-state index >= 15 is 0 Å². The second-order valence-electron chi connectivity index (χ2n) is 6.80. The van der Waals surface area contributed by atoms with Crippen LogP contribution in [0.2, 0.25) is 0 Å². The zero-order chi connectivity index (χ0) is 16.6. The number of nitrogens with one attached hydrogen (secondary N) is 1. The zero-order valence-electron chi connectivity index (χ0n) is 13.9. The maximum atomic E-state index is 12.0. The second-order valence-corrected chi connectivity index (χ2v) is 6.80. The largest absolute Gasteiger partial charge is 0.497 e. The highest BCUT2D eigenvalue weighted by Crippen LogP contribution is 2.34. The van der Waals surface area contributed by atoms with Gasteiger partial charge in [0.2, 0.25) is 0 Å². The highest BCUT2D eigenvalue weighted by atomic mass is 16.5. The van der Waals surface area contributed by atoms with Crippen LogP contribution in [-0.2, 0) is 4.79 Å². The van der Waals surface area contributed by atoms with E-state index in [-0.39, 0.29) is 0 Å². The molecule has 2 heterocycles. The summed E-state index contributed by atoms with van der Waals surface area (Å²) in [5, 5.41) is 10.8. The van der Waals surface area contributed by atoms with E-state index in [0.29, 0.717) is 11.8 Å². The third-order valence-corrected chi connectivity index (χ3v) is 4.71. The van der Waals surface area contributed by atoms with Crippen molar-refractivity contribution in [3.63, 3.8) is 0 Å². The molecule has 23 heavy (non-hydrogen) atoms. The summed E-state index contributed by atoms with van der Waals surface area (Å²) in [4.78, 5) is 17.3. The van der Waals surface area contributed by atoms with Gasteiger partial charge in [-0.05, 0) is 36.5 Å². The number of methoxy groups -OCH3 is 1. The minimum atomic E-state index is -0.796. The predicted molar refractivity (Wildman–Crippen MR) is 89.7 cm³/mol. The smallest absolute Gasteiger partial charge is 0.325 e. The summed E-state index contributed by atoms with van der Waals surface area (Å²) in [5.41, 5.74) is 1.75. The van der Waals surface area contributed by atoms with Crippen molar-refractivity contribution in [2.45, 2.75) is 26.3 Å². The lowest BCUT2D eigenvalue weighted by atomic mass is 9.89. The number of hydrogen-bond donors (Lipinski definition) is 2. The molecule has 124 valence electrons. The van der Waals surface area contributed by atoms with E-state index in [4.69, 9.17) is 4.74 Å². The van der Waals surface area contributed by atoms with Gasteiger partial charge in [-0.15, -0.1) is 0 Å². The topological polar surface area (TPSA) is 65.6 Å². The van der Waals surface area contributed by atoms with Crippen molar-refractivity contribution >= 4 is 16.9 Å². The number of aromatic nitrogens is 1. The normalized spacial score (nSPS) is 23.8. The number of aliphatic carboxylic acids is 1. The van der Waals surface area contributed by atoms with Crippen LogP contribution in [0.4, 0.5) is 0 Å². The molecule has 5 nitrogen and oxygen atoms in total. The lowest BCUT2D eigenvalue weighted by Gasteiger charge is -2.38. The van der Waals surface area contributed by atoms with Crippen LogP contribution in [0.3, 0.4) is 0 Å². The van der Waals surface area contributed by atoms with Gasteiger partial charge in [-0.2, -0.15) is 0 Å². The number of nitrogens with zero attached hydrogens (tertiary/aromatic N) is 1. The van der Waals surface area contributed by atoms with Gasteiger partial charge in [0.05, 0.1) is 7.11 Å². The van der Waals surface area contributed by atoms with Crippen molar-refractivity contribution in [1.82, 2.24) is 9.88 Å². The van der Waals surface area contributed by atoms with Gasteiger partial charge in [0, 0.05) is 35.8 Å². The highest BCUT2D eigenvalue weighted by Gasteiger charge is 2.34. The minimum Gasteiger partial charge on any atom is -0.497 e. The van der Waals surface area contributed by atoms with Gasteiger partial charge >= 0.3 is 5.97 Å². The second kappa shape index (κ2) is 6.24. The summed E-state index contributed by atoms with van der Waals surface area (Å²) >= 11 is 0. The number of carboxylic acid groups (broad SMARTS) is 1. The minimum absolute atomic E-state index is 0.514. The Labute approximate surface area is 136 Å². The molecule has 5 heteroatoms. The van der Waals surface area contributed by atoms with Crippen LogP contribution in [0.25, 0.3) is 10.9 Å². The van der Waals surface area contributed by atoms with E-state index < -0.39 is 12.0 Å². The molecular formula is C18H24N2O3. The van der Waals surface area contributed by atoms with E-state index in [1.54, 1.807) is 7.11 Å². The molecule has 1 aromatic carbocycles. The standard InChI is InChI=1S/C18H24N2O3/c1-11-6-12(2)10-20(9-11)17(18(21)22)15-8-19-16-5-4-13(23-3)7-14(15)16/h4-5,7-8,11-12,17,19H,6,9-10H2,1-3H3,(H,21,22)/t11-,12+,17?. The molecule has 3 atom stereocenters. The number of carboxylic acids is 1.